The summed E-state index contributed by atoms with van der Waals surface area (Å²) in [5, 5.41) is 0. The maximum absolute atomic E-state index is 14.7. The molecule has 186 valence electrons. The quantitative estimate of drug-likeness (QED) is 0.309. The van der Waals surface area contributed by atoms with E-state index in [1.807, 2.05) is 0 Å². The Morgan fingerprint density at radius 3 is 2.06 bits per heavy atom. The third-order valence-corrected chi connectivity index (χ3v) is 6.44. The van der Waals surface area contributed by atoms with Crippen LogP contribution in [0.5, 0.6) is 5.75 Å². The maximum atomic E-state index is 14.7. The van der Waals surface area contributed by atoms with Crippen molar-refractivity contribution in [2.45, 2.75) is 51.7 Å². The summed E-state index contributed by atoms with van der Waals surface area (Å²) in [6, 6.07) is 12.5. The second-order valence-electron chi connectivity index (χ2n) is 8.96. The van der Waals surface area contributed by atoms with E-state index in [1.165, 1.54) is 18.2 Å². The van der Waals surface area contributed by atoms with Crippen LogP contribution in [0.15, 0.2) is 54.6 Å². The third-order valence-electron chi connectivity index (χ3n) is 6.44. The molecule has 1 saturated carbocycles. The average molecular weight is 491 g/mol. The van der Waals surface area contributed by atoms with Gasteiger partial charge in [0, 0.05) is 5.56 Å². The molecule has 3 aromatic carbocycles. The number of rotatable bonds is 7. The van der Waals surface area contributed by atoms with Gasteiger partial charge in [-0.25, -0.2) is 8.78 Å². The fourth-order valence-corrected chi connectivity index (χ4v) is 4.41. The third kappa shape index (κ3) is 5.50. The lowest BCUT2D eigenvalue weighted by Crippen LogP contribution is -2.30. The van der Waals surface area contributed by atoms with Gasteiger partial charge in [-0.05, 0) is 79.5 Å². The molecular formula is C28H27F5O2. The molecule has 1 aliphatic carbocycles. The van der Waals surface area contributed by atoms with Crippen molar-refractivity contribution in [1.82, 2.24) is 0 Å². The number of ether oxygens (including phenoxy) is 2. The van der Waals surface area contributed by atoms with Crippen molar-refractivity contribution in [3.8, 4) is 28.0 Å². The first kappa shape index (κ1) is 25.2. The Kier molecular flexibility index (Phi) is 7.45. The summed E-state index contributed by atoms with van der Waals surface area (Å²) in [5.74, 6) is -2.86. The van der Waals surface area contributed by atoms with Gasteiger partial charge in [0.15, 0.2) is 11.6 Å². The summed E-state index contributed by atoms with van der Waals surface area (Å²) in [4.78, 5) is 0. The smallest absolute Gasteiger partial charge is 0.386 e. The van der Waals surface area contributed by atoms with Crippen molar-refractivity contribution < 1.29 is 31.4 Å². The van der Waals surface area contributed by atoms with Crippen LogP contribution in [0.3, 0.4) is 0 Å². The molecular weight excluding hydrogens is 463 g/mol. The van der Waals surface area contributed by atoms with Crippen LogP contribution < -0.4 is 4.74 Å². The first-order valence-electron chi connectivity index (χ1n) is 11.8. The van der Waals surface area contributed by atoms with Gasteiger partial charge in [0.25, 0.3) is 0 Å². The predicted molar refractivity (Wildman–Crippen MR) is 125 cm³/mol. The van der Waals surface area contributed by atoms with Crippen LogP contribution in [0.25, 0.3) is 22.3 Å². The van der Waals surface area contributed by atoms with Gasteiger partial charge in [-0.2, -0.15) is 13.2 Å². The standard InChI is InChI=1S/C28H27F5O2/c1-3-34-25-15-13-22(26(30)27(25)31)19-8-6-18(7-9-19)20-10-14-23(24(29)16-20)28(32,33)35-21-11-4-17(2)5-12-21/h6-10,13-17,21H,3-5,11-12H2,1-2H3. The summed E-state index contributed by atoms with van der Waals surface area (Å²) in [6.07, 6.45) is -1.65. The summed E-state index contributed by atoms with van der Waals surface area (Å²) in [7, 11) is 0. The molecule has 0 bridgehead atoms. The lowest BCUT2D eigenvalue weighted by atomic mass is 9.89. The molecule has 0 radical (unpaired) electrons. The van der Waals surface area contributed by atoms with Crippen LogP contribution >= 0.6 is 0 Å². The molecule has 3 aromatic rings. The number of alkyl halides is 2. The normalized spacial score (nSPS) is 18.5. The lowest BCUT2D eigenvalue weighted by Gasteiger charge is -2.30. The molecule has 0 amide bonds. The Bertz CT molecular complexity index is 1170. The monoisotopic (exact) mass is 490 g/mol. The van der Waals surface area contributed by atoms with Crippen molar-refractivity contribution >= 4 is 0 Å². The van der Waals surface area contributed by atoms with Crippen molar-refractivity contribution in [2.24, 2.45) is 5.92 Å². The number of hydrogen-bond acceptors (Lipinski definition) is 2. The Balaban J connectivity index is 1.52. The molecule has 0 aliphatic heterocycles. The molecule has 0 atom stereocenters. The molecule has 0 spiro atoms. The summed E-state index contributed by atoms with van der Waals surface area (Å²) in [6.45, 7) is 3.95. The van der Waals surface area contributed by atoms with E-state index >= 15 is 0 Å². The SMILES string of the molecule is CCOc1ccc(-c2ccc(-c3ccc(C(F)(F)OC4CCC(C)CC4)c(F)c3)cc2)c(F)c1F. The molecule has 0 aromatic heterocycles. The molecule has 1 fully saturated rings. The summed E-state index contributed by atoms with van der Waals surface area (Å²) in [5.41, 5.74) is 0.568. The van der Waals surface area contributed by atoms with Gasteiger partial charge >= 0.3 is 6.11 Å². The van der Waals surface area contributed by atoms with Crippen LogP contribution in [0.2, 0.25) is 0 Å². The van der Waals surface area contributed by atoms with Gasteiger partial charge in [0.2, 0.25) is 5.82 Å². The Morgan fingerprint density at radius 2 is 1.43 bits per heavy atom. The van der Waals surface area contributed by atoms with Gasteiger partial charge in [-0.1, -0.05) is 37.3 Å². The average Bonchev–Trinajstić information content (AvgIpc) is 2.83. The zero-order valence-electron chi connectivity index (χ0n) is 19.6. The van der Waals surface area contributed by atoms with E-state index in [1.54, 1.807) is 31.2 Å². The second-order valence-corrected chi connectivity index (χ2v) is 8.96. The number of hydrogen-bond donors (Lipinski definition) is 0. The first-order chi connectivity index (χ1) is 16.7. The van der Waals surface area contributed by atoms with Crippen molar-refractivity contribution in [1.29, 1.82) is 0 Å². The van der Waals surface area contributed by atoms with E-state index in [0.717, 1.165) is 25.0 Å². The fourth-order valence-electron chi connectivity index (χ4n) is 4.41. The molecule has 0 saturated heterocycles. The highest BCUT2D eigenvalue weighted by Crippen LogP contribution is 2.38. The van der Waals surface area contributed by atoms with Crippen LogP contribution in [-0.2, 0) is 10.8 Å². The summed E-state index contributed by atoms with van der Waals surface area (Å²) < 4.78 is 82.9. The minimum atomic E-state index is -3.73. The zero-order chi connectivity index (χ0) is 25.2. The fraction of sp³-hybridized carbons (Fsp3) is 0.357. The predicted octanol–water partition coefficient (Wildman–Crippen LogP) is 8.48. The van der Waals surface area contributed by atoms with Crippen LogP contribution in [0.4, 0.5) is 22.0 Å². The van der Waals surface area contributed by atoms with E-state index < -0.39 is 35.2 Å². The van der Waals surface area contributed by atoms with Gasteiger partial charge in [-0.15, -0.1) is 0 Å². The van der Waals surface area contributed by atoms with Gasteiger partial charge in [-0.3, -0.25) is 0 Å². The lowest BCUT2D eigenvalue weighted by molar-refractivity contribution is -0.279. The van der Waals surface area contributed by atoms with Crippen molar-refractivity contribution in [2.75, 3.05) is 6.61 Å². The number of halogens is 5. The largest absolute Gasteiger partial charge is 0.491 e. The van der Waals surface area contributed by atoms with E-state index in [9.17, 15) is 22.0 Å². The van der Waals surface area contributed by atoms with E-state index in [0.29, 0.717) is 35.4 Å². The van der Waals surface area contributed by atoms with Crippen molar-refractivity contribution in [3.63, 3.8) is 0 Å². The highest BCUT2D eigenvalue weighted by Gasteiger charge is 2.39. The number of benzene rings is 3. The highest BCUT2D eigenvalue weighted by atomic mass is 19.3. The minimum Gasteiger partial charge on any atom is -0.491 e. The Labute approximate surface area is 201 Å². The zero-order valence-corrected chi connectivity index (χ0v) is 19.6. The Hall–Kier alpha value is -2.93. The molecule has 1 aliphatic rings. The van der Waals surface area contributed by atoms with E-state index in [2.05, 4.69) is 6.92 Å². The van der Waals surface area contributed by atoms with Crippen LogP contribution in [0.1, 0.15) is 45.1 Å². The van der Waals surface area contributed by atoms with E-state index in [-0.39, 0.29) is 17.9 Å². The molecule has 0 N–H and O–H groups in total. The van der Waals surface area contributed by atoms with Gasteiger partial charge in [0.1, 0.15) is 5.82 Å². The molecule has 0 unspecified atom stereocenters. The van der Waals surface area contributed by atoms with Gasteiger partial charge in [0.05, 0.1) is 18.3 Å². The Morgan fingerprint density at radius 1 is 0.800 bits per heavy atom. The second kappa shape index (κ2) is 10.4. The topological polar surface area (TPSA) is 18.5 Å². The molecule has 35 heavy (non-hydrogen) atoms. The molecule has 0 heterocycles. The highest BCUT2D eigenvalue weighted by molar-refractivity contribution is 5.71. The van der Waals surface area contributed by atoms with Crippen LogP contribution in [-0.4, -0.2) is 12.7 Å². The maximum Gasteiger partial charge on any atom is 0.386 e. The molecule has 7 heteroatoms. The van der Waals surface area contributed by atoms with Crippen LogP contribution in [0, 0.1) is 23.4 Å². The molecule has 2 nitrogen and oxygen atoms in total. The first-order valence-corrected chi connectivity index (χ1v) is 11.8. The minimum absolute atomic E-state index is 0.0490. The summed E-state index contributed by atoms with van der Waals surface area (Å²) >= 11 is 0. The van der Waals surface area contributed by atoms with Gasteiger partial charge < -0.3 is 9.47 Å². The van der Waals surface area contributed by atoms with E-state index in [4.69, 9.17) is 9.47 Å². The molecule has 4 rings (SSSR count). The van der Waals surface area contributed by atoms with Crippen molar-refractivity contribution in [3.05, 3.63) is 77.6 Å².